The van der Waals surface area contributed by atoms with Crippen LogP contribution in [0, 0.1) is 0 Å². The molecule has 2 unspecified atom stereocenters. The quantitative estimate of drug-likeness (QED) is 0.539. The number of hydrogen-bond donors (Lipinski definition) is 2. The molecule has 2 atom stereocenters. The van der Waals surface area contributed by atoms with E-state index in [1.807, 2.05) is 30.5 Å². The van der Waals surface area contributed by atoms with Gasteiger partial charge in [0.15, 0.2) is 5.96 Å². The molecule has 3 rings (SSSR count). The number of nitrogens with one attached hydrogen (secondary N) is 2. The highest BCUT2D eigenvalue weighted by atomic mass is 16.5. The molecule has 30 heavy (non-hydrogen) atoms. The van der Waals surface area contributed by atoms with Gasteiger partial charge in [-0.25, -0.2) is 9.98 Å². The average Bonchev–Trinajstić information content (AvgIpc) is 2.75. The van der Waals surface area contributed by atoms with E-state index in [0.717, 1.165) is 48.3 Å². The molecule has 1 aliphatic rings. The maximum Gasteiger partial charge on any atom is 0.191 e. The van der Waals surface area contributed by atoms with Crippen LogP contribution in [0.1, 0.15) is 31.9 Å². The zero-order valence-corrected chi connectivity index (χ0v) is 18.4. The molecule has 1 aromatic heterocycles. The molecule has 0 spiro atoms. The van der Waals surface area contributed by atoms with E-state index in [1.54, 1.807) is 7.11 Å². The van der Waals surface area contributed by atoms with E-state index in [-0.39, 0.29) is 12.2 Å². The van der Waals surface area contributed by atoms with Gasteiger partial charge in [-0.15, -0.1) is 0 Å². The third-order valence-corrected chi connectivity index (χ3v) is 4.96. The van der Waals surface area contributed by atoms with Gasteiger partial charge in [-0.05, 0) is 38.5 Å². The average molecular weight is 412 g/mol. The molecule has 162 valence electrons. The fraction of sp³-hybridized carbons (Fsp3) is 0.478. The first-order valence-electron chi connectivity index (χ1n) is 10.6. The summed E-state index contributed by atoms with van der Waals surface area (Å²) in [5.41, 5.74) is 2.16. The minimum Gasteiger partial charge on any atom is -0.496 e. The predicted molar refractivity (Wildman–Crippen MR) is 121 cm³/mol. The molecule has 2 aromatic rings. The Bertz CT molecular complexity index is 815. The number of aliphatic imine (C=N–C) groups is 1. The SMILES string of the molecule is CCNC(=NCc1ccc(N2CC(C)OC(C)C2)nc1)NCc1ccccc1OC. The van der Waals surface area contributed by atoms with Crippen LogP contribution < -0.4 is 20.3 Å². The Morgan fingerprint density at radius 1 is 1.17 bits per heavy atom. The molecule has 0 bridgehead atoms. The number of rotatable bonds is 7. The number of aromatic nitrogens is 1. The number of para-hydroxylation sites is 1. The minimum absolute atomic E-state index is 0.219. The summed E-state index contributed by atoms with van der Waals surface area (Å²) >= 11 is 0. The Morgan fingerprint density at radius 2 is 1.93 bits per heavy atom. The molecule has 2 heterocycles. The van der Waals surface area contributed by atoms with Crippen LogP contribution in [0.4, 0.5) is 5.82 Å². The van der Waals surface area contributed by atoms with Crippen molar-refractivity contribution in [2.75, 3.05) is 31.6 Å². The molecule has 1 aromatic carbocycles. The number of nitrogens with zero attached hydrogens (tertiary/aromatic N) is 3. The van der Waals surface area contributed by atoms with Crippen molar-refractivity contribution in [1.29, 1.82) is 0 Å². The lowest BCUT2D eigenvalue weighted by molar-refractivity contribution is -0.00545. The van der Waals surface area contributed by atoms with Crippen LogP contribution in [0.3, 0.4) is 0 Å². The summed E-state index contributed by atoms with van der Waals surface area (Å²) in [6.07, 6.45) is 2.35. The van der Waals surface area contributed by atoms with Gasteiger partial charge in [-0.3, -0.25) is 0 Å². The lowest BCUT2D eigenvalue weighted by Gasteiger charge is -2.36. The van der Waals surface area contributed by atoms with Crippen LogP contribution in [0.2, 0.25) is 0 Å². The third-order valence-electron chi connectivity index (χ3n) is 4.96. The summed E-state index contributed by atoms with van der Waals surface area (Å²) in [6, 6.07) is 12.2. The first-order chi connectivity index (χ1) is 14.6. The molecule has 1 fully saturated rings. The van der Waals surface area contributed by atoms with Crippen LogP contribution >= 0.6 is 0 Å². The first kappa shape index (κ1) is 21.9. The van der Waals surface area contributed by atoms with Crippen molar-refractivity contribution in [3.8, 4) is 5.75 Å². The monoisotopic (exact) mass is 411 g/mol. The Hall–Kier alpha value is -2.80. The van der Waals surface area contributed by atoms with E-state index in [2.05, 4.69) is 53.4 Å². The third kappa shape index (κ3) is 6.10. The van der Waals surface area contributed by atoms with E-state index >= 15 is 0 Å². The van der Waals surface area contributed by atoms with E-state index in [9.17, 15) is 0 Å². The van der Waals surface area contributed by atoms with Gasteiger partial charge in [0.25, 0.3) is 0 Å². The fourth-order valence-corrected chi connectivity index (χ4v) is 3.60. The number of pyridine rings is 1. The van der Waals surface area contributed by atoms with Gasteiger partial charge in [0, 0.05) is 37.9 Å². The molecule has 1 saturated heterocycles. The molecule has 1 aliphatic heterocycles. The summed E-state index contributed by atoms with van der Waals surface area (Å²) < 4.78 is 11.2. The number of methoxy groups -OCH3 is 1. The zero-order valence-electron chi connectivity index (χ0n) is 18.4. The number of ether oxygens (including phenoxy) is 2. The van der Waals surface area contributed by atoms with Crippen LogP contribution in [0.15, 0.2) is 47.6 Å². The van der Waals surface area contributed by atoms with Crippen LogP contribution in [-0.4, -0.2) is 49.9 Å². The Morgan fingerprint density at radius 3 is 2.60 bits per heavy atom. The molecule has 0 saturated carbocycles. The molecular weight excluding hydrogens is 378 g/mol. The largest absolute Gasteiger partial charge is 0.496 e. The Labute approximate surface area is 179 Å². The van der Waals surface area contributed by atoms with Crippen molar-refractivity contribution in [3.63, 3.8) is 0 Å². The van der Waals surface area contributed by atoms with Crippen molar-refractivity contribution in [2.45, 2.75) is 46.1 Å². The molecule has 0 radical (unpaired) electrons. The number of hydrogen-bond acceptors (Lipinski definition) is 5. The van der Waals surface area contributed by atoms with E-state index in [4.69, 9.17) is 14.5 Å². The van der Waals surface area contributed by atoms with Crippen LogP contribution in [-0.2, 0) is 17.8 Å². The van der Waals surface area contributed by atoms with E-state index < -0.39 is 0 Å². The van der Waals surface area contributed by atoms with Gasteiger partial charge in [0.05, 0.1) is 25.9 Å². The van der Waals surface area contributed by atoms with E-state index in [0.29, 0.717) is 13.1 Å². The summed E-state index contributed by atoms with van der Waals surface area (Å²) in [7, 11) is 1.69. The summed E-state index contributed by atoms with van der Waals surface area (Å²) in [5.74, 6) is 2.63. The molecule has 0 amide bonds. The highest BCUT2D eigenvalue weighted by Crippen LogP contribution is 2.19. The standard InChI is InChI=1S/C23H33N5O2/c1-5-24-23(27-14-20-8-6-7-9-21(20)29-4)26-13-19-10-11-22(25-12-19)28-15-17(2)30-18(3)16-28/h6-12,17-18H,5,13-16H2,1-4H3,(H2,24,26,27). The van der Waals surface area contributed by atoms with Crippen LogP contribution in [0.5, 0.6) is 5.75 Å². The van der Waals surface area contributed by atoms with Gasteiger partial charge in [0.2, 0.25) is 0 Å². The van der Waals surface area contributed by atoms with Crippen molar-refractivity contribution in [2.24, 2.45) is 4.99 Å². The fourth-order valence-electron chi connectivity index (χ4n) is 3.60. The maximum atomic E-state index is 5.81. The van der Waals surface area contributed by atoms with Crippen molar-refractivity contribution in [1.82, 2.24) is 15.6 Å². The number of guanidine groups is 1. The highest BCUT2D eigenvalue weighted by molar-refractivity contribution is 5.79. The van der Waals surface area contributed by atoms with Gasteiger partial charge in [0.1, 0.15) is 11.6 Å². The molecule has 0 aliphatic carbocycles. The summed E-state index contributed by atoms with van der Waals surface area (Å²) in [4.78, 5) is 11.6. The predicted octanol–water partition coefficient (Wildman–Crippen LogP) is 2.96. The molecule has 7 heteroatoms. The lowest BCUT2D eigenvalue weighted by Crippen LogP contribution is -2.45. The summed E-state index contributed by atoms with van der Waals surface area (Å²) in [5, 5.41) is 6.66. The second kappa shape index (κ2) is 10.8. The summed E-state index contributed by atoms with van der Waals surface area (Å²) in [6.45, 7) is 9.99. The first-order valence-corrected chi connectivity index (χ1v) is 10.6. The second-order valence-electron chi connectivity index (χ2n) is 7.55. The molecule has 7 nitrogen and oxygen atoms in total. The van der Waals surface area contributed by atoms with Crippen molar-refractivity contribution < 1.29 is 9.47 Å². The minimum atomic E-state index is 0.219. The van der Waals surface area contributed by atoms with Gasteiger partial charge in [-0.1, -0.05) is 24.3 Å². The maximum absolute atomic E-state index is 5.81. The van der Waals surface area contributed by atoms with Gasteiger partial charge >= 0.3 is 0 Å². The molecule has 2 N–H and O–H groups in total. The van der Waals surface area contributed by atoms with Gasteiger partial charge < -0.3 is 25.0 Å². The molecular formula is C23H33N5O2. The van der Waals surface area contributed by atoms with Gasteiger partial charge in [-0.2, -0.15) is 0 Å². The topological polar surface area (TPSA) is 71.0 Å². The van der Waals surface area contributed by atoms with Crippen molar-refractivity contribution in [3.05, 3.63) is 53.7 Å². The second-order valence-corrected chi connectivity index (χ2v) is 7.55. The Balaban J connectivity index is 1.60. The number of benzene rings is 1. The normalized spacial score (nSPS) is 19.5. The number of anilines is 1. The van der Waals surface area contributed by atoms with Crippen LogP contribution in [0.25, 0.3) is 0 Å². The lowest BCUT2D eigenvalue weighted by atomic mass is 10.2. The Kier molecular flexibility index (Phi) is 7.90. The van der Waals surface area contributed by atoms with E-state index in [1.165, 1.54) is 0 Å². The smallest absolute Gasteiger partial charge is 0.191 e. The zero-order chi connectivity index (χ0) is 21.3. The number of morpholine rings is 1. The highest BCUT2D eigenvalue weighted by Gasteiger charge is 2.22. The van der Waals surface area contributed by atoms with Crippen molar-refractivity contribution >= 4 is 11.8 Å².